The van der Waals surface area contributed by atoms with E-state index in [9.17, 15) is 4.79 Å². The van der Waals surface area contributed by atoms with Gasteiger partial charge in [-0.05, 0) is 30.7 Å². The molecule has 1 atom stereocenters. The van der Waals surface area contributed by atoms with Gasteiger partial charge in [-0.1, -0.05) is 15.9 Å². The third-order valence-electron chi connectivity index (χ3n) is 2.67. The van der Waals surface area contributed by atoms with Gasteiger partial charge in [0.05, 0.1) is 6.61 Å². The average molecular weight is 284 g/mol. The van der Waals surface area contributed by atoms with Gasteiger partial charge in [0, 0.05) is 23.4 Å². The lowest BCUT2D eigenvalue weighted by Gasteiger charge is -2.12. The molecule has 16 heavy (non-hydrogen) atoms. The van der Waals surface area contributed by atoms with Gasteiger partial charge in [0.2, 0.25) is 5.91 Å². The maximum atomic E-state index is 11.0. The smallest absolute Gasteiger partial charge is 0.220 e. The summed E-state index contributed by atoms with van der Waals surface area (Å²) >= 11 is 3.41. The van der Waals surface area contributed by atoms with Crippen LogP contribution in [0.2, 0.25) is 0 Å². The van der Waals surface area contributed by atoms with Gasteiger partial charge >= 0.3 is 0 Å². The molecule has 0 aromatic heterocycles. The fourth-order valence-electron chi connectivity index (χ4n) is 1.76. The van der Waals surface area contributed by atoms with Gasteiger partial charge in [-0.15, -0.1) is 0 Å². The first kappa shape index (κ1) is 11.5. The van der Waals surface area contributed by atoms with Crippen molar-refractivity contribution >= 4 is 21.8 Å². The van der Waals surface area contributed by atoms with Crippen LogP contribution in [0, 0.1) is 12.8 Å². The molecule has 1 aromatic rings. The Labute approximate surface area is 103 Å². The lowest BCUT2D eigenvalue weighted by Crippen LogP contribution is -2.16. The van der Waals surface area contributed by atoms with E-state index in [2.05, 4.69) is 21.2 Å². The van der Waals surface area contributed by atoms with Crippen LogP contribution in [0.15, 0.2) is 22.7 Å². The first-order chi connectivity index (χ1) is 7.65. The number of carbonyl (C=O) groups is 1. The minimum absolute atomic E-state index is 0.126. The minimum Gasteiger partial charge on any atom is -0.493 e. The summed E-state index contributed by atoms with van der Waals surface area (Å²) < 4.78 is 6.76. The Morgan fingerprint density at radius 3 is 3.00 bits per heavy atom. The number of hydrogen-bond donors (Lipinski definition) is 1. The highest BCUT2D eigenvalue weighted by Crippen LogP contribution is 2.23. The first-order valence-corrected chi connectivity index (χ1v) is 6.10. The second kappa shape index (κ2) is 4.87. The summed E-state index contributed by atoms with van der Waals surface area (Å²) in [6.45, 7) is 3.34. The zero-order chi connectivity index (χ0) is 11.5. The second-order valence-electron chi connectivity index (χ2n) is 4.10. The maximum absolute atomic E-state index is 11.0. The Bertz CT molecular complexity index is 406. The first-order valence-electron chi connectivity index (χ1n) is 5.31. The van der Waals surface area contributed by atoms with Crippen LogP contribution in [0.4, 0.5) is 0 Å². The van der Waals surface area contributed by atoms with Crippen LogP contribution in [0.25, 0.3) is 0 Å². The number of carbonyl (C=O) groups excluding carboxylic acids is 1. The van der Waals surface area contributed by atoms with Crippen molar-refractivity contribution in [2.24, 2.45) is 5.92 Å². The van der Waals surface area contributed by atoms with Crippen LogP contribution in [0.5, 0.6) is 5.75 Å². The van der Waals surface area contributed by atoms with Crippen molar-refractivity contribution in [3.05, 3.63) is 28.2 Å². The lowest BCUT2D eigenvalue weighted by atomic mass is 10.1. The fourth-order valence-corrected chi connectivity index (χ4v) is 2.24. The van der Waals surface area contributed by atoms with Crippen molar-refractivity contribution < 1.29 is 9.53 Å². The van der Waals surface area contributed by atoms with Crippen LogP contribution < -0.4 is 10.1 Å². The maximum Gasteiger partial charge on any atom is 0.220 e. The fraction of sp³-hybridized carbons (Fsp3) is 0.417. The van der Waals surface area contributed by atoms with Gasteiger partial charge in [-0.25, -0.2) is 0 Å². The molecule has 0 aliphatic carbocycles. The molecule has 1 unspecified atom stereocenters. The molecule has 86 valence electrons. The molecule has 3 nitrogen and oxygen atoms in total. The molecule has 1 N–H and O–H groups in total. The van der Waals surface area contributed by atoms with Crippen LogP contribution in [0.1, 0.15) is 12.0 Å². The summed E-state index contributed by atoms with van der Waals surface area (Å²) in [7, 11) is 0. The summed E-state index contributed by atoms with van der Waals surface area (Å²) in [4.78, 5) is 11.0. The minimum atomic E-state index is 0.126. The summed E-state index contributed by atoms with van der Waals surface area (Å²) in [5, 5.41) is 2.80. The Hall–Kier alpha value is -1.03. The van der Waals surface area contributed by atoms with Crippen LogP contribution in [-0.2, 0) is 4.79 Å². The molecule has 1 saturated heterocycles. The Kier molecular flexibility index (Phi) is 3.49. The molecule has 4 heteroatoms. The van der Waals surface area contributed by atoms with E-state index >= 15 is 0 Å². The van der Waals surface area contributed by atoms with E-state index in [1.165, 1.54) is 0 Å². The molecule has 1 amide bonds. The third kappa shape index (κ3) is 2.76. The van der Waals surface area contributed by atoms with Crippen LogP contribution >= 0.6 is 15.9 Å². The molecule has 0 bridgehead atoms. The van der Waals surface area contributed by atoms with Gasteiger partial charge in [0.25, 0.3) is 0 Å². The standard InChI is InChI=1S/C12H14BrNO2/c1-8-4-10(13)2-3-11(8)16-7-9-5-12(15)14-6-9/h2-4,9H,5-7H2,1H3,(H,14,15). The Morgan fingerprint density at radius 2 is 2.38 bits per heavy atom. The third-order valence-corrected chi connectivity index (χ3v) is 3.17. The van der Waals surface area contributed by atoms with E-state index in [4.69, 9.17) is 4.74 Å². The van der Waals surface area contributed by atoms with E-state index in [0.717, 1.165) is 22.3 Å². The van der Waals surface area contributed by atoms with Gasteiger partial charge in [0.1, 0.15) is 5.75 Å². The number of hydrogen-bond acceptors (Lipinski definition) is 2. The van der Waals surface area contributed by atoms with Gasteiger partial charge in [0.15, 0.2) is 0 Å². The van der Waals surface area contributed by atoms with Crippen molar-refractivity contribution in [2.75, 3.05) is 13.2 Å². The van der Waals surface area contributed by atoms with Crippen molar-refractivity contribution in [3.63, 3.8) is 0 Å². The number of ether oxygens (including phenoxy) is 1. The number of nitrogens with one attached hydrogen (secondary N) is 1. The molecule has 1 aromatic carbocycles. The normalized spacial score (nSPS) is 19.6. The molecule has 1 aliphatic heterocycles. The molecule has 0 spiro atoms. The quantitative estimate of drug-likeness (QED) is 0.924. The average Bonchev–Trinajstić information content (AvgIpc) is 2.63. The van der Waals surface area contributed by atoms with Gasteiger partial charge in [-0.3, -0.25) is 4.79 Å². The van der Waals surface area contributed by atoms with Crippen molar-refractivity contribution in [1.29, 1.82) is 0 Å². The highest BCUT2D eigenvalue weighted by atomic mass is 79.9. The largest absolute Gasteiger partial charge is 0.493 e. The lowest BCUT2D eigenvalue weighted by molar-refractivity contribution is -0.119. The summed E-state index contributed by atoms with van der Waals surface area (Å²) in [5.41, 5.74) is 1.10. The molecular formula is C12H14BrNO2. The number of amides is 1. The molecule has 1 heterocycles. The molecular weight excluding hydrogens is 270 g/mol. The van der Waals surface area contributed by atoms with E-state index in [-0.39, 0.29) is 5.91 Å². The summed E-state index contributed by atoms with van der Waals surface area (Å²) in [6, 6.07) is 5.93. The molecule has 0 saturated carbocycles. The molecule has 2 rings (SSSR count). The SMILES string of the molecule is Cc1cc(Br)ccc1OCC1CNC(=O)C1. The Morgan fingerprint density at radius 1 is 1.56 bits per heavy atom. The van der Waals surface area contributed by atoms with Crippen molar-refractivity contribution in [1.82, 2.24) is 5.32 Å². The molecule has 1 fully saturated rings. The van der Waals surface area contributed by atoms with Gasteiger partial charge < -0.3 is 10.1 Å². The Balaban J connectivity index is 1.92. The molecule has 1 aliphatic rings. The predicted octanol–water partition coefficient (Wildman–Crippen LogP) is 2.27. The van der Waals surface area contributed by atoms with Crippen LogP contribution in [-0.4, -0.2) is 19.1 Å². The van der Waals surface area contributed by atoms with E-state index in [1.54, 1.807) is 0 Å². The topological polar surface area (TPSA) is 38.3 Å². The zero-order valence-electron chi connectivity index (χ0n) is 9.13. The highest BCUT2D eigenvalue weighted by Gasteiger charge is 2.21. The van der Waals surface area contributed by atoms with E-state index in [1.807, 2.05) is 25.1 Å². The molecule has 0 radical (unpaired) electrons. The zero-order valence-corrected chi connectivity index (χ0v) is 10.7. The number of rotatable bonds is 3. The number of benzene rings is 1. The monoisotopic (exact) mass is 283 g/mol. The highest BCUT2D eigenvalue weighted by molar-refractivity contribution is 9.10. The van der Waals surface area contributed by atoms with E-state index < -0.39 is 0 Å². The van der Waals surface area contributed by atoms with Crippen LogP contribution in [0.3, 0.4) is 0 Å². The summed E-state index contributed by atoms with van der Waals surface area (Å²) in [5.74, 6) is 1.32. The number of aryl methyl sites for hydroxylation is 1. The second-order valence-corrected chi connectivity index (χ2v) is 5.01. The van der Waals surface area contributed by atoms with E-state index in [0.29, 0.717) is 18.9 Å². The van der Waals surface area contributed by atoms with Crippen molar-refractivity contribution in [2.45, 2.75) is 13.3 Å². The summed E-state index contributed by atoms with van der Waals surface area (Å²) in [6.07, 6.45) is 0.579. The van der Waals surface area contributed by atoms with Crippen molar-refractivity contribution in [3.8, 4) is 5.75 Å². The predicted molar refractivity (Wildman–Crippen MR) is 65.5 cm³/mol. The number of halogens is 1. The van der Waals surface area contributed by atoms with Gasteiger partial charge in [-0.2, -0.15) is 0 Å².